The molecule has 0 spiro atoms. The van der Waals surface area contributed by atoms with Crippen LogP contribution in [-0.2, 0) is 0 Å². The molecule has 0 fully saturated rings. The molecule has 1 aromatic rings. The number of carbonyl (C=O) groups is 1. The zero-order chi connectivity index (χ0) is 9.14. The summed E-state index contributed by atoms with van der Waals surface area (Å²) in [6.45, 7) is 0. The Hall–Kier alpha value is -1.71. The first kappa shape index (κ1) is 6.03. The third kappa shape index (κ3) is 1.40. The summed E-state index contributed by atoms with van der Waals surface area (Å²) in [6.07, 6.45) is 0. The lowest BCUT2D eigenvalue weighted by Gasteiger charge is -1.98. The monoisotopic (exact) mass is 155 g/mol. The van der Waals surface area contributed by atoms with Gasteiger partial charge in [-0.2, -0.15) is 0 Å². The molecule has 0 amide bonds. The number of rotatable bonds is 1. The molecule has 0 heterocycles. The van der Waals surface area contributed by atoms with Crippen molar-refractivity contribution in [3.63, 3.8) is 0 Å². The van der Waals surface area contributed by atoms with Crippen LogP contribution in [0.1, 0.15) is 10.4 Å². The topological polar surface area (TPSA) is 77.8 Å². The molecule has 1 aromatic carbocycles. The smallest absolute Gasteiger partial charge is 0.339 e. The van der Waals surface area contributed by atoms with Gasteiger partial charge in [-0.1, -0.05) is 0 Å². The molecule has 0 bridgehead atoms. The Kier molecular flexibility index (Phi) is 1.37. The zero-order valence-corrected chi connectivity index (χ0v) is 5.44. The normalized spacial score (nSPS) is 10.4. The highest BCUT2D eigenvalue weighted by atomic mass is 16.4. The van der Waals surface area contributed by atoms with E-state index in [1.165, 1.54) is 6.07 Å². The number of hydrogen-bond acceptors (Lipinski definition) is 4. The summed E-state index contributed by atoms with van der Waals surface area (Å²) < 4.78 is 6.27. The van der Waals surface area contributed by atoms with Gasteiger partial charge in [0.15, 0.2) is 0 Å². The number of phenols is 2. The standard InChI is InChI=1S/C7H6O4/c8-4-1-2-6(9)5(3-4)7(10)11/h1-3,8-9H,(H,10,11)/i/hD. The van der Waals surface area contributed by atoms with Gasteiger partial charge in [-0.3, -0.25) is 0 Å². The molecule has 11 heavy (non-hydrogen) atoms. The van der Waals surface area contributed by atoms with E-state index in [9.17, 15) is 4.79 Å². The molecule has 1 rings (SSSR count). The highest BCUT2D eigenvalue weighted by Crippen LogP contribution is 2.21. The van der Waals surface area contributed by atoms with Gasteiger partial charge in [0, 0.05) is 0 Å². The second-order valence-electron chi connectivity index (χ2n) is 1.99. The zero-order valence-electron chi connectivity index (χ0n) is 6.44. The van der Waals surface area contributed by atoms with Gasteiger partial charge < -0.3 is 15.3 Å². The molecule has 0 aliphatic rings. The van der Waals surface area contributed by atoms with E-state index in [2.05, 4.69) is 5.11 Å². The maximum atomic E-state index is 10.7. The minimum atomic E-state index is -1.01. The molecule has 4 heteroatoms. The van der Waals surface area contributed by atoms with Crippen molar-refractivity contribution in [2.45, 2.75) is 0 Å². The van der Waals surface area contributed by atoms with E-state index in [1.807, 2.05) is 0 Å². The Balaban J connectivity index is 3.13. The van der Waals surface area contributed by atoms with Crippen LogP contribution in [0.2, 0.25) is 0 Å². The van der Waals surface area contributed by atoms with Crippen molar-refractivity contribution < 1.29 is 20.1 Å². The van der Waals surface area contributed by atoms with Gasteiger partial charge in [-0.25, -0.2) is 4.79 Å². The van der Waals surface area contributed by atoms with Gasteiger partial charge in [0.05, 0.1) is 0 Å². The van der Waals surface area contributed by atoms with E-state index < -0.39 is 5.97 Å². The van der Waals surface area contributed by atoms with Crippen molar-refractivity contribution >= 4 is 5.97 Å². The van der Waals surface area contributed by atoms with Crippen LogP contribution in [0.5, 0.6) is 11.5 Å². The van der Waals surface area contributed by atoms with Gasteiger partial charge in [0.1, 0.15) is 17.1 Å². The Morgan fingerprint density at radius 2 is 2.18 bits per heavy atom. The summed E-state index contributed by atoms with van der Waals surface area (Å²) in [5, 5.41) is 21.6. The number of carboxylic acid groups (broad SMARTS) is 1. The predicted molar refractivity (Wildman–Crippen MR) is 36.7 cm³/mol. The first-order valence-electron chi connectivity index (χ1n) is 3.25. The molecule has 3 N–H and O–H groups in total. The van der Waals surface area contributed by atoms with Crippen LogP contribution in [0.4, 0.5) is 0 Å². The van der Waals surface area contributed by atoms with Gasteiger partial charge in [-0.05, 0) is 18.2 Å². The number of carboxylic acids is 1. The van der Waals surface area contributed by atoms with Gasteiger partial charge in [0.25, 0.3) is 1.43 Å². The Labute approximate surface area is 63.8 Å². The molecular weight excluding hydrogens is 148 g/mol. The van der Waals surface area contributed by atoms with Crippen LogP contribution < -0.4 is 0 Å². The lowest BCUT2D eigenvalue weighted by atomic mass is 10.2. The van der Waals surface area contributed by atoms with Gasteiger partial charge in [0.2, 0.25) is 0 Å². The molecule has 58 valence electrons. The first-order valence-corrected chi connectivity index (χ1v) is 2.84. The summed E-state index contributed by atoms with van der Waals surface area (Å²) in [5.74, 6) is -1.51. The fourth-order valence-electron chi connectivity index (χ4n) is 0.688. The molecule has 0 aromatic heterocycles. The third-order valence-corrected chi connectivity index (χ3v) is 1.20. The van der Waals surface area contributed by atoms with Crippen LogP contribution >= 0.6 is 0 Å². The fourth-order valence-corrected chi connectivity index (χ4v) is 0.688. The number of benzene rings is 1. The summed E-state index contributed by atoms with van der Waals surface area (Å²) >= 11 is 0. The Morgan fingerprint density at radius 1 is 1.45 bits per heavy atom. The molecule has 0 aliphatic heterocycles. The van der Waals surface area contributed by atoms with E-state index >= 15 is 0 Å². The third-order valence-electron chi connectivity index (χ3n) is 1.20. The maximum absolute atomic E-state index is 10.7. The van der Waals surface area contributed by atoms with Crippen LogP contribution in [0.3, 0.4) is 0 Å². The fraction of sp³-hybridized carbons (Fsp3) is 0. The van der Waals surface area contributed by atoms with Crippen molar-refractivity contribution in [2.75, 3.05) is 0 Å². The SMILES string of the molecule is [2H]OC(=O)c1cc(O)ccc1O. The van der Waals surface area contributed by atoms with E-state index in [0.717, 1.165) is 12.1 Å². The van der Waals surface area contributed by atoms with E-state index in [-0.39, 0.29) is 17.1 Å². The van der Waals surface area contributed by atoms with Crippen LogP contribution in [-0.4, -0.2) is 21.3 Å². The predicted octanol–water partition coefficient (Wildman–Crippen LogP) is 0.796. The average molecular weight is 155 g/mol. The molecule has 0 saturated heterocycles. The minimum absolute atomic E-state index is 0.173. The Bertz CT molecular complexity index is 310. The maximum Gasteiger partial charge on any atom is 0.339 e. The lowest BCUT2D eigenvalue weighted by Crippen LogP contribution is -1.95. The van der Waals surface area contributed by atoms with Crippen molar-refractivity contribution in [3.05, 3.63) is 23.8 Å². The van der Waals surface area contributed by atoms with Crippen LogP contribution in [0.25, 0.3) is 1.43 Å². The summed E-state index contributed by atoms with van der Waals surface area (Å²) in [5.41, 5.74) is -0.231. The molecule has 0 atom stereocenters. The van der Waals surface area contributed by atoms with Crippen LogP contribution in [0, 0.1) is 0 Å². The van der Waals surface area contributed by atoms with Crippen LogP contribution in [0.15, 0.2) is 18.2 Å². The number of phenolic OH excluding ortho intramolecular Hbond substituents is 1. The summed E-state index contributed by atoms with van der Waals surface area (Å²) in [7, 11) is 0. The largest absolute Gasteiger partial charge is 0.508 e. The second kappa shape index (κ2) is 2.49. The lowest BCUT2D eigenvalue weighted by molar-refractivity contribution is 0.0693. The highest BCUT2D eigenvalue weighted by Gasteiger charge is 2.08. The molecule has 0 saturated carbocycles. The van der Waals surface area contributed by atoms with Crippen molar-refractivity contribution in [3.8, 4) is 11.5 Å². The quantitative estimate of drug-likeness (QED) is 0.524. The van der Waals surface area contributed by atoms with Gasteiger partial charge >= 0.3 is 5.97 Å². The molecule has 0 radical (unpaired) electrons. The van der Waals surface area contributed by atoms with Crippen molar-refractivity contribution in [2.24, 2.45) is 0 Å². The molecule has 0 aliphatic carbocycles. The first-order chi connectivity index (χ1) is 5.65. The second-order valence-corrected chi connectivity index (χ2v) is 1.99. The van der Waals surface area contributed by atoms with Crippen molar-refractivity contribution in [1.82, 2.24) is 0 Å². The Morgan fingerprint density at radius 3 is 2.82 bits per heavy atom. The average Bonchev–Trinajstić information content (AvgIpc) is 2.08. The summed E-state index contributed by atoms with van der Waals surface area (Å²) in [6, 6.07) is 3.38. The van der Waals surface area contributed by atoms with E-state index in [0.29, 0.717) is 0 Å². The van der Waals surface area contributed by atoms with Gasteiger partial charge in [-0.15, -0.1) is 0 Å². The van der Waals surface area contributed by atoms with E-state index in [4.69, 9.17) is 11.6 Å². The number of aromatic hydroxyl groups is 2. The molecular formula is C7H6O4. The number of aromatic carboxylic acids is 1. The van der Waals surface area contributed by atoms with Crippen molar-refractivity contribution in [1.29, 1.82) is 1.43 Å². The highest BCUT2D eigenvalue weighted by molar-refractivity contribution is 5.91. The molecule has 4 nitrogen and oxygen atoms in total. The summed E-state index contributed by atoms with van der Waals surface area (Å²) in [4.78, 5) is 10.7. The minimum Gasteiger partial charge on any atom is -0.508 e. The van der Waals surface area contributed by atoms with E-state index in [1.54, 1.807) is 0 Å². The molecule has 0 unspecified atom stereocenters. The number of hydrogen-bond donors (Lipinski definition) is 3.